The number of aryl methyl sites for hydroxylation is 1. The van der Waals surface area contributed by atoms with Gasteiger partial charge >= 0.3 is 5.97 Å². The number of ether oxygens (including phenoxy) is 2. The van der Waals surface area contributed by atoms with E-state index >= 15 is 0 Å². The molecular formula is C32H22Cl2O5. The van der Waals surface area contributed by atoms with E-state index in [9.17, 15) is 9.59 Å². The Kier molecular flexibility index (Phi) is 7.82. The monoisotopic (exact) mass is 556 g/mol. The minimum Gasteiger partial charge on any atom is -0.489 e. The third-order valence-electron chi connectivity index (χ3n) is 6.04. The number of allylic oxidation sites excluding steroid dienone is 1. The number of furan rings is 1. The van der Waals surface area contributed by atoms with Crippen LogP contribution in [0.25, 0.3) is 17.0 Å². The van der Waals surface area contributed by atoms with Gasteiger partial charge in [0.15, 0.2) is 5.78 Å². The molecule has 0 spiro atoms. The zero-order valence-corrected chi connectivity index (χ0v) is 22.3. The van der Waals surface area contributed by atoms with Gasteiger partial charge in [-0.2, -0.15) is 0 Å². The Morgan fingerprint density at radius 1 is 0.846 bits per heavy atom. The molecule has 5 nitrogen and oxygen atoms in total. The Morgan fingerprint density at radius 3 is 2.26 bits per heavy atom. The van der Waals surface area contributed by atoms with Crippen LogP contribution in [-0.4, -0.2) is 11.8 Å². The van der Waals surface area contributed by atoms with Crippen molar-refractivity contribution in [1.82, 2.24) is 0 Å². The lowest BCUT2D eigenvalue weighted by Gasteiger charge is -2.07. The topological polar surface area (TPSA) is 65.7 Å². The summed E-state index contributed by atoms with van der Waals surface area (Å²) in [5, 5.41) is 1.50. The number of hydrogen-bond acceptors (Lipinski definition) is 5. The van der Waals surface area contributed by atoms with Crippen LogP contribution in [0.2, 0.25) is 10.0 Å². The molecule has 194 valence electrons. The molecule has 0 saturated heterocycles. The van der Waals surface area contributed by atoms with Crippen molar-refractivity contribution in [3.63, 3.8) is 0 Å². The zero-order valence-electron chi connectivity index (χ0n) is 20.8. The van der Waals surface area contributed by atoms with Gasteiger partial charge in [-0.3, -0.25) is 4.79 Å². The SMILES string of the molecule is Cc1oc2ccc(OCc3ccccc3)cc2c1C(=O)Oc1ccc(C(=O)C=Cc2c(Cl)cccc2Cl)cc1. The van der Waals surface area contributed by atoms with E-state index in [4.69, 9.17) is 37.1 Å². The Labute approximate surface area is 235 Å². The highest BCUT2D eigenvalue weighted by Crippen LogP contribution is 2.31. The molecule has 0 saturated carbocycles. The van der Waals surface area contributed by atoms with Crippen molar-refractivity contribution in [2.24, 2.45) is 0 Å². The molecule has 1 heterocycles. The summed E-state index contributed by atoms with van der Waals surface area (Å²) >= 11 is 12.3. The Balaban J connectivity index is 1.29. The summed E-state index contributed by atoms with van der Waals surface area (Å²) in [6.45, 7) is 2.11. The molecule has 0 N–H and O–H groups in total. The van der Waals surface area contributed by atoms with Crippen LogP contribution in [0.1, 0.15) is 37.6 Å². The molecule has 0 bridgehead atoms. The molecule has 0 amide bonds. The highest BCUT2D eigenvalue weighted by atomic mass is 35.5. The van der Waals surface area contributed by atoms with Crippen LogP contribution in [-0.2, 0) is 6.61 Å². The standard InChI is InChI=1S/C32H22Cl2O5/c1-20-31(26-18-24(14-17-30(26)38-20)37-19-21-6-3-2-4-7-21)32(36)39-23-12-10-22(11-13-23)29(35)16-15-25-27(33)8-5-9-28(25)34/h2-18H,19H2,1H3. The van der Waals surface area contributed by atoms with Crippen LogP contribution in [0.4, 0.5) is 0 Å². The number of hydrogen-bond donors (Lipinski definition) is 0. The van der Waals surface area contributed by atoms with Crippen LogP contribution in [0, 0.1) is 6.92 Å². The van der Waals surface area contributed by atoms with Gasteiger partial charge < -0.3 is 13.9 Å². The van der Waals surface area contributed by atoms with Crippen LogP contribution in [0.15, 0.2) is 101 Å². The lowest BCUT2D eigenvalue weighted by molar-refractivity contribution is 0.0734. The first-order valence-corrected chi connectivity index (χ1v) is 12.8. The second-order valence-electron chi connectivity index (χ2n) is 8.71. The molecular weight excluding hydrogens is 535 g/mol. The van der Waals surface area contributed by atoms with E-state index in [1.807, 2.05) is 30.3 Å². The minimum absolute atomic E-state index is 0.247. The molecule has 7 heteroatoms. The maximum atomic E-state index is 13.1. The first-order chi connectivity index (χ1) is 18.9. The quantitative estimate of drug-likeness (QED) is 0.0826. The molecule has 0 fully saturated rings. The molecule has 39 heavy (non-hydrogen) atoms. The Morgan fingerprint density at radius 2 is 1.54 bits per heavy atom. The average molecular weight is 557 g/mol. The summed E-state index contributed by atoms with van der Waals surface area (Å²) in [6, 6.07) is 26.6. The number of ketones is 1. The smallest absolute Gasteiger partial charge is 0.347 e. The minimum atomic E-state index is -0.571. The maximum Gasteiger partial charge on any atom is 0.347 e. The lowest BCUT2D eigenvalue weighted by Crippen LogP contribution is -2.09. The summed E-state index contributed by atoms with van der Waals surface area (Å²) in [7, 11) is 0. The van der Waals surface area contributed by atoms with Crippen molar-refractivity contribution < 1.29 is 23.5 Å². The van der Waals surface area contributed by atoms with Gasteiger partial charge in [0.2, 0.25) is 0 Å². The largest absolute Gasteiger partial charge is 0.489 e. The molecule has 0 aliphatic rings. The van der Waals surface area contributed by atoms with Crippen molar-refractivity contribution >= 4 is 52.0 Å². The summed E-state index contributed by atoms with van der Waals surface area (Å²) in [5.41, 5.74) is 2.88. The van der Waals surface area contributed by atoms with Crippen LogP contribution in [0.5, 0.6) is 11.5 Å². The molecule has 4 aromatic carbocycles. The van der Waals surface area contributed by atoms with Crippen molar-refractivity contribution in [2.45, 2.75) is 13.5 Å². The fourth-order valence-electron chi connectivity index (χ4n) is 4.05. The van der Waals surface area contributed by atoms with E-state index in [0.29, 0.717) is 61.6 Å². The molecule has 5 rings (SSSR count). The lowest BCUT2D eigenvalue weighted by atomic mass is 10.1. The van der Waals surface area contributed by atoms with Crippen LogP contribution < -0.4 is 9.47 Å². The zero-order chi connectivity index (χ0) is 27.4. The number of benzene rings is 4. The fourth-order valence-corrected chi connectivity index (χ4v) is 4.58. The van der Waals surface area contributed by atoms with Crippen molar-refractivity contribution in [2.75, 3.05) is 0 Å². The molecule has 0 aliphatic carbocycles. The van der Waals surface area contributed by atoms with Gasteiger partial charge in [0.25, 0.3) is 0 Å². The van der Waals surface area contributed by atoms with Crippen LogP contribution >= 0.6 is 23.2 Å². The van der Waals surface area contributed by atoms with Gasteiger partial charge in [-0.15, -0.1) is 0 Å². The summed E-state index contributed by atoms with van der Waals surface area (Å²) in [4.78, 5) is 25.7. The summed E-state index contributed by atoms with van der Waals surface area (Å²) in [6.07, 6.45) is 2.97. The molecule has 0 unspecified atom stereocenters. The maximum absolute atomic E-state index is 13.1. The van der Waals surface area contributed by atoms with Gasteiger partial charge in [-0.1, -0.05) is 59.6 Å². The number of fused-ring (bicyclic) bond motifs is 1. The van der Waals surface area contributed by atoms with Crippen molar-refractivity contribution in [3.05, 3.63) is 135 Å². The number of esters is 1. The Bertz CT molecular complexity index is 1670. The highest BCUT2D eigenvalue weighted by Gasteiger charge is 2.21. The third kappa shape index (κ3) is 6.06. The number of halogens is 2. The van der Waals surface area contributed by atoms with Crippen molar-refractivity contribution in [3.8, 4) is 11.5 Å². The number of carbonyl (C=O) groups excluding carboxylic acids is 2. The van der Waals surface area contributed by atoms with Gasteiger partial charge in [-0.25, -0.2) is 4.79 Å². The second kappa shape index (κ2) is 11.6. The summed E-state index contributed by atoms with van der Waals surface area (Å²) in [5.74, 6) is 0.517. The number of carbonyl (C=O) groups is 2. The predicted octanol–water partition coefficient (Wildman–Crippen LogP) is 8.74. The fraction of sp³-hybridized carbons (Fsp3) is 0.0625. The molecule has 5 aromatic rings. The summed E-state index contributed by atoms with van der Waals surface area (Å²) < 4.78 is 17.3. The molecule has 1 aromatic heterocycles. The van der Waals surface area contributed by atoms with Gasteiger partial charge in [0, 0.05) is 26.6 Å². The van der Waals surface area contributed by atoms with E-state index in [2.05, 4.69) is 0 Å². The number of rotatable bonds is 8. The predicted molar refractivity (Wildman–Crippen MR) is 153 cm³/mol. The van der Waals surface area contributed by atoms with Gasteiger partial charge in [0.05, 0.1) is 0 Å². The normalized spacial score (nSPS) is 11.2. The highest BCUT2D eigenvalue weighted by molar-refractivity contribution is 6.37. The molecule has 0 aliphatic heterocycles. The van der Waals surface area contributed by atoms with E-state index in [1.165, 1.54) is 6.08 Å². The van der Waals surface area contributed by atoms with E-state index < -0.39 is 5.97 Å². The van der Waals surface area contributed by atoms with Gasteiger partial charge in [0.1, 0.15) is 35.0 Å². The first-order valence-electron chi connectivity index (χ1n) is 12.1. The Hall–Kier alpha value is -4.32. The van der Waals surface area contributed by atoms with Crippen molar-refractivity contribution in [1.29, 1.82) is 0 Å². The average Bonchev–Trinajstić information content (AvgIpc) is 3.27. The molecule has 0 atom stereocenters. The third-order valence-corrected chi connectivity index (χ3v) is 6.70. The van der Waals surface area contributed by atoms with E-state index in [-0.39, 0.29) is 5.78 Å². The first kappa shape index (κ1) is 26.3. The van der Waals surface area contributed by atoms with Gasteiger partial charge in [-0.05, 0) is 79.2 Å². The second-order valence-corrected chi connectivity index (χ2v) is 9.53. The van der Waals surface area contributed by atoms with E-state index in [1.54, 1.807) is 73.7 Å². The molecule has 0 radical (unpaired) electrons. The van der Waals surface area contributed by atoms with E-state index in [0.717, 1.165) is 5.56 Å². The van der Waals surface area contributed by atoms with Crippen LogP contribution in [0.3, 0.4) is 0 Å².